The first-order chi connectivity index (χ1) is 7.85. The third-order valence-electron chi connectivity index (χ3n) is 2.28. The maximum Gasteiger partial charge on any atom is 0.118 e. The van der Waals surface area contributed by atoms with Gasteiger partial charge >= 0.3 is 0 Å². The van der Waals surface area contributed by atoms with E-state index in [4.69, 9.17) is 10.6 Å². The summed E-state index contributed by atoms with van der Waals surface area (Å²) in [5.74, 6) is 6.36. The highest BCUT2D eigenvalue weighted by Gasteiger charge is 2.14. The van der Waals surface area contributed by atoms with Gasteiger partial charge in [0, 0.05) is 0 Å². The first-order valence-corrected chi connectivity index (χ1v) is 5.50. The van der Waals surface area contributed by atoms with Gasteiger partial charge in [-0.1, -0.05) is 16.6 Å². The number of rotatable bonds is 4. The van der Waals surface area contributed by atoms with E-state index in [1.165, 1.54) is 11.5 Å². The Balaban J connectivity index is 2.27. The molecule has 6 heteroatoms. The number of hydrazine groups is 1. The fourth-order valence-corrected chi connectivity index (χ4v) is 2.03. The van der Waals surface area contributed by atoms with Crippen molar-refractivity contribution in [3.05, 3.63) is 40.9 Å². The number of aromatic nitrogens is 2. The molecule has 84 valence electrons. The van der Waals surface area contributed by atoms with Crippen LogP contribution in [0.5, 0.6) is 5.75 Å². The van der Waals surface area contributed by atoms with Crippen molar-refractivity contribution < 1.29 is 4.74 Å². The monoisotopic (exact) mass is 236 g/mol. The number of benzene rings is 1. The van der Waals surface area contributed by atoms with Crippen molar-refractivity contribution in [1.82, 2.24) is 15.0 Å². The highest BCUT2D eigenvalue weighted by molar-refractivity contribution is 7.05. The van der Waals surface area contributed by atoms with Crippen LogP contribution in [-0.2, 0) is 0 Å². The minimum absolute atomic E-state index is 0.0779. The topological polar surface area (TPSA) is 73.1 Å². The number of ether oxygens (including phenoxy) is 1. The van der Waals surface area contributed by atoms with Crippen LogP contribution in [0.3, 0.4) is 0 Å². The molecule has 1 aromatic carbocycles. The lowest BCUT2D eigenvalue weighted by atomic mass is 10.1. The minimum Gasteiger partial charge on any atom is -0.497 e. The lowest BCUT2D eigenvalue weighted by Crippen LogP contribution is -2.28. The molecule has 0 aliphatic carbocycles. The van der Waals surface area contributed by atoms with Crippen LogP contribution in [0.25, 0.3) is 0 Å². The van der Waals surface area contributed by atoms with E-state index in [0.29, 0.717) is 0 Å². The molecule has 0 saturated heterocycles. The van der Waals surface area contributed by atoms with Gasteiger partial charge in [-0.3, -0.25) is 5.84 Å². The summed E-state index contributed by atoms with van der Waals surface area (Å²) in [7, 11) is 1.64. The van der Waals surface area contributed by atoms with Gasteiger partial charge in [0.1, 0.15) is 5.75 Å². The summed E-state index contributed by atoms with van der Waals surface area (Å²) < 4.78 is 8.92. The van der Waals surface area contributed by atoms with Gasteiger partial charge < -0.3 is 4.74 Å². The Bertz CT molecular complexity index is 429. The molecule has 0 saturated carbocycles. The molecule has 0 bridgehead atoms. The smallest absolute Gasteiger partial charge is 0.118 e. The van der Waals surface area contributed by atoms with Crippen molar-refractivity contribution in [2.24, 2.45) is 5.84 Å². The molecular weight excluding hydrogens is 224 g/mol. The van der Waals surface area contributed by atoms with Crippen LogP contribution in [0, 0.1) is 0 Å². The lowest BCUT2D eigenvalue weighted by molar-refractivity contribution is 0.414. The zero-order chi connectivity index (χ0) is 11.4. The molecule has 0 spiro atoms. The van der Waals surface area contributed by atoms with Crippen molar-refractivity contribution >= 4 is 11.5 Å². The predicted molar refractivity (Wildman–Crippen MR) is 62.1 cm³/mol. The highest BCUT2D eigenvalue weighted by Crippen LogP contribution is 2.24. The first kappa shape index (κ1) is 11.0. The Morgan fingerprint density at radius 1 is 1.38 bits per heavy atom. The van der Waals surface area contributed by atoms with Crippen LogP contribution < -0.4 is 16.0 Å². The third-order valence-corrected chi connectivity index (χ3v) is 3.01. The zero-order valence-corrected chi connectivity index (χ0v) is 9.57. The molecule has 1 aromatic heterocycles. The Labute approximate surface area is 97.4 Å². The van der Waals surface area contributed by atoms with E-state index in [-0.39, 0.29) is 6.04 Å². The molecule has 0 radical (unpaired) electrons. The standard InChI is InChI=1S/C10H12N4OS/c1-15-8-4-2-7(3-5-8)10(13-11)9-6-12-14-16-9/h2-6,10,13H,11H2,1H3. The van der Waals surface area contributed by atoms with Gasteiger partial charge in [-0.2, -0.15) is 0 Å². The normalized spacial score (nSPS) is 12.4. The van der Waals surface area contributed by atoms with Crippen molar-refractivity contribution in [3.8, 4) is 5.75 Å². The maximum atomic E-state index is 5.54. The summed E-state index contributed by atoms with van der Waals surface area (Å²) >= 11 is 1.33. The molecule has 16 heavy (non-hydrogen) atoms. The summed E-state index contributed by atoms with van der Waals surface area (Å²) in [4.78, 5) is 0.979. The fraction of sp³-hybridized carbons (Fsp3) is 0.200. The van der Waals surface area contributed by atoms with Gasteiger partial charge in [0.15, 0.2) is 0 Å². The molecule has 0 aliphatic rings. The summed E-state index contributed by atoms with van der Waals surface area (Å²) in [6, 6.07) is 7.64. The van der Waals surface area contributed by atoms with Crippen LogP contribution in [0.2, 0.25) is 0 Å². The van der Waals surface area contributed by atoms with Gasteiger partial charge in [0.25, 0.3) is 0 Å². The second-order valence-electron chi connectivity index (χ2n) is 3.19. The summed E-state index contributed by atoms with van der Waals surface area (Å²) in [5.41, 5.74) is 3.80. The molecule has 0 fully saturated rings. The molecule has 5 nitrogen and oxygen atoms in total. The number of nitrogens with two attached hydrogens (primary N) is 1. The van der Waals surface area contributed by atoms with E-state index < -0.39 is 0 Å². The van der Waals surface area contributed by atoms with E-state index in [9.17, 15) is 0 Å². The Morgan fingerprint density at radius 3 is 2.62 bits per heavy atom. The second kappa shape index (κ2) is 5.02. The Kier molecular flexibility index (Phi) is 3.45. The van der Waals surface area contributed by atoms with Crippen LogP contribution in [0.4, 0.5) is 0 Å². The molecule has 3 N–H and O–H groups in total. The summed E-state index contributed by atoms with van der Waals surface area (Å²) in [5, 5.41) is 3.80. The molecule has 1 heterocycles. The number of nitrogens with one attached hydrogen (secondary N) is 1. The number of methoxy groups -OCH3 is 1. The van der Waals surface area contributed by atoms with Crippen molar-refractivity contribution in [2.75, 3.05) is 7.11 Å². The number of hydrogen-bond donors (Lipinski definition) is 2. The minimum atomic E-state index is -0.0779. The van der Waals surface area contributed by atoms with Gasteiger partial charge in [-0.05, 0) is 29.2 Å². The maximum absolute atomic E-state index is 5.54. The number of hydrogen-bond acceptors (Lipinski definition) is 6. The summed E-state index contributed by atoms with van der Waals surface area (Å²) in [6.45, 7) is 0. The predicted octanol–water partition coefficient (Wildman–Crippen LogP) is 1.10. The van der Waals surface area contributed by atoms with Crippen LogP contribution >= 0.6 is 11.5 Å². The molecule has 0 amide bonds. The van der Waals surface area contributed by atoms with Crippen molar-refractivity contribution in [2.45, 2.75) is 6.04 Å². The number of nitrogens with zero attached hydrogens (tertiary/aromatic N) is 2. The van der Waals surface area contributed by atoms with E-state index >= 15 is 0 Å². The second-order valence-corrected chi connectivity index (χ2v) is 4.01. The summed E-state index contributed by atoms with van der Waals surface area (Å²) in [6.07, 6.45) is 1.71. The van der Waals surface area contributed by atoms with Gasteiger partial charge in [0.05, 0.1) is 24.2 Å². The third kappa shape index (κ3) is 2.19. The fourth-order valence-electron chi connectivity index (χ4n) is 1.44. The molecule has 2 rings (SSSR count). The average molecular weight is 236 g/mol. The van der Waals surface area contributed by atoms with Crippen molar-refractivity contribution in [3.63, 3.8) is 0 Å². The van der Waals surface area contributed by atoms with E-state index in [2.05, 4.69) is 15.0 Å². The first-order valence-electron chi connectivity index (χ1n) is 4.72. The van der Waals surface area contributed by atoms with E-state index in [1.807, 2.05) is 24.3 Å². The van der Waals surface area contributed by atoms with Crippen molar-refractivity contribution in [1.29, 1.82) is 0 Å². The average Bonchev–Trinajstić information content (AvgIpc) is 2.85. The lowest BCUT2D eigenvalue weighted by Gasteiger charge is -2.13. The van der Waals surface area contributed by atoms with Crippen LogP contribution in [0.1, 0.15) is 16.5 Å². The van der Waals surface area contributed by atoms with E-state index in [0.717, 1.165) is 16.2 Å². The quantitative estimate of drug-likeness (QED) is 0.614. The van der Waals surface area contributed by atoms with Gasteiger partial charge in [-0.25, -0.2) is 5.43 Å². The molecule has 1 unspecified atom stereocenters. The largest absolute Gasteiger partial charge is 0.497 e. The Morgan fingerprint density at radius 2 is 2.12 bits per heavy atom. The highest BCUT2D eigenvalue weighted by atomic mass is 32.1. The molecule has 0 aliphatic heterocycles. The zero-order valence-electron chi connectivity index (χ0n) is 8.75. The van der Waals surface area contributed by atoms with Gasteiger partial charge in [0.2, 0.25) is 0 Å². The van der Waals surface area contributed by atoms with Crippen LogP contribution in [-0.4, -0.2) is 16.7 Å². The van der Waals surface area contributed by atoms with E-state index in [1.54, 1.807) is 13.3 Å². The molecule has 2 aromatic rings. The SMILES string of the molecule is COc1ccc(C(NN)c2cnns2)cc1. The molecular formula is C10H12N4OS. The van der Waals surface area contributed by atoms with Crippen LogP contribution in [0.15, 0.2) is 30.5 Å². The Hall–Kier alpha value is -1.50. The van der Waals surface area contributed by atoms with Gasteiger partial charge in [-0.15, -0.1) is 5.10 Å². The molecule has 1 atom stereocenters.